The predicted octanol–water partition coefficient (Wildman–Crippen LogP) is 4.22. The Morgan fingerprint density at radius 2 is 1.82 bits per heavy atom. The Kier molecular flexibility index (Phi) is 8.82. The second kappa shape index (κ2) is 11.8. The summed E-state index contributed by atoms with van der Waals surface area (Å²) in [5.41, 5.74) is 2.96. The Labute approximate surface area is 206 Å². The number of benzene rings is 2. The second-order valence-electron chi connectivity index (χ2n) is 8.81. The normalized spacial score (nSPS) is 18.0. The van der Waals surface area contributed by atoms with Gasteiger partial charge in [0.2, 0.25) is 11.8 Å². The molecule has 2 aromatic rings. The van der Waals surface area contributed by atoms with Gasteiger partial charge in [0.05, 0.1) is 12.3 Å². The average Bonchev–Trinajstić information content (AvgIpc) is 3.32. The molecule has 1 saturated heterocycles. The molecule has 0 aromatic heterocycles. The van der Waals surface area contributed by atoms with Gasteiger partial charge in [0.15, 0.2) is 0 Å². The number of aliphatic imine (C=N–C) groups is 1. The lowest BCUT2D eigenvalue weighted by molar-refractivity contribution is -0.140. The van der Waals surface area contributed by atoms with Crippen LogP contribution in [0.5, 0.6) is 0 Å². The van der Waals surface area contributed by atoms with Crippen LogP contribution in [0.4, 0.5) is 0 Å². The molecule has 3 atom stereocenters. The highest BCUT2D eigenvalue weighted by molar-refractivity contribution is 6.33. The third-order valence-electron chi connectivity index (χ3n) is 6.08. The maximum Gasteiger partial charge on any atom is 0.248 e. The first kappa shape index (κ1) is 25.4. The number of halogens is 1. The Morgan fingerprint density at radius 1 is 1.12 bits per heavy atom. The molecule has 1 fully saturated rings. The molecule has 0 aliphatic carbocycles. The number of hydrogen-bond acceptors (Lipinski definition) is 5. The molecule has 0 radical (unpaired) electrons. The van der Waals surface area contributed by atoms with Crippen LogP contribution < -0.4 is 11.2 Å². The van der Waals surface area contributed by atoms with E-state index in [9.17, 15) is 9.59 Å². The Hall–Kier alpha value is -3.19. The number of rotatable bonds is 8. The molecular weight excluding hydrogens is 450 g/mol. The first-order valence-electron chi connectivity index (χ1n) is 11.5. The van der Waals surface area contributed by atoms with Gasteiger partial charge in [-0.05, 0) is 42.9 Å². The Bertz CT molecular complexity index is 1050. The predicted molar refractivity (Wildman–Crippen MR) is 138 cm³/mol. The number of nitrogens with zero attached hydrogens (tertiary/aromatic N) is 3. The minimum atomic E-state index is -0.582. The third kappa shape index (κ3) is 6.03. The minimum absolute atomic E-state index is 0.0187. The lowest BCUT2D eigenvalue weighted by atomic mass is 10.0. The summed E-state index contributed by atoms with van der Waals surface area (Å²) in [5, 5.41) is 7.16. The van der Waals surface area contributed by atoms with Crippen molar-refractivity contribution < 1.29 is 9.59 Å². The molecule has 2 aromatic carbocycles. The highest BCUT2D eigenvalue weighted by Gasteiger charge is 2.38. The first-order chi connectivity index (χ1) is 16.3. The zero-order valence-corrected chi connectivity index (χ0v) is 20.6. The summed E-state index contributed by atoms with van der Waals surface area (Å²) in [4.78, 5) is 32.3. The molecule has 1 aliphatic rings. The van der Waals surface area contributed by atoms with Crippen molar-refractivity contribution in [3.05, 3.63) is 59.1 Å². The average molecular weight is 482 g/mol. The molecule has 34 heavy (non-hydrogen) atoms. The van der Waals surface area contributed by atoms with Crippen molar-refractivity contribution in [2.45, 2.75) is 51.7 Å². The number of likely N-dealkylation sites (tertiary alicyclic amines) is 1. The van der Waals surface area contributed by atoms with Crippen molar-refractivity contribution in [3.8, 4) is 11.1 Å². The number of carbonyl (C=O) groups is 2. The monoisotopic (exact) mass is 481 g/mol. The van der Waals surface area contributed by atoms with Crippen LogP contribution in [0.1, 0.15) is 45.2 Å². The fourth-order valence-corrected chi connectivity index (χ4v) is 4.45. The zero-order valence-electron chi connectivity index (χ0n) is 19.8. The van der Waals surface area contributed by atoms with Gasteiger partial charge in [0, 0.05) is 23.3 Å². The van der Waals surface area contributed by atoms with E-state index in [2.05, 4.69) is 15.4 Å². The van der Waals surface area contributed by atoms with Crippen molar-refractivity contribution >= 4 is 35.8 Å². The highest BCUT2D eigenvalue weighted by atomic mass is 35.5. The SMILES string of the molecule is CC(NC(=O)C1CCCN1C(=O)C(N=C/C=N\N)C(C)C)c1ccc(-c2ccccc2Cl)cc1. The number of hydrazone groups is 1. The quantitative estimate of drug-likeness (QED) is 0.335. The molecule has 180 valence electrons. The zero-order chi connectivity index (χ0) is 24.7. The van der Waals surface area contributed by atoms with E-state index in [0.717, 1.165) is 23.1 Å². The molecule has 0 saturated carbocycles. The lowest BCUT2D eigenvalue weighted by Crippen LogP contribution is -2.50. The van der Waals surface area contributed by atoms with Crippen LogP contribution in [-0.4, -0.2) is 47.8 Å². The van der Waals surface area contributed by atoms with Crippen molar-refractivity contribution in [1.29, 1.82) is 0 Å². The number of amides is 2. The highest BCUT2D eigenvalue weighted by Crippen LogP contribution is 2.29. The maximum atomic E-state index is 13.2. The lowest BCUT2D eigenvalue weighted by Gasteiger charge is -2.29. The topological polar surface area (TPSA) is 100 Å². The summed E-state index contributed by atoms with van der Waals surface area (Å²) in [6, 6.07) is 14.4. The molecular formula is C26H32ClN5O2. The van der Waals surface area contributed by atoms with Gasteiger partial charge in [-0.1, -0.05) is 67.9 Å². The van der Waals surface area contributed by atoms with Crippen molar-refractivity contribution in [3.63, 3.8) is 0 Å². The van der Waals surface area contributed by atoms with Crippen LogP contribution >= 0.6 is 11.6 Å². The van der Waals surface area contributed by atoms with Gasteiger partial charge in [-0.2, -0.15) is 5.10 Å². The summed E-state index contributed by atoms with van der Waals surface area (Å²) in [6.45, 7) is 6.34. The molecule has 2 amide bonds. The molecule has 3 unspecified atom stereocenters. The largest absolute Gasteiger partial charge is 0.348 e. The summed E-state index contributed by atoms with van der Waals surface area (Å²) in [5.74, 6) is 4.80. The molecule has 0 bridgehead atoms. The van der Waals surface area contributed by atoms with E-state index in [1.807, 2.05) is 69.3 Å². The van der Waals surface area contributed by atoms with Crippen molar-refractivity contribution in [1.82, 2.24) is 10.2 Å². The van der Waals surface area contributed by atoms with Crippen molar-refractivity contribution in [2.75, 3.05) is 6.54 Å². The first-order valence-corrected chi connectivity index (χ1v) is 11.9. The van der Waals surface area contributed by atoms with Crippen LogP contribution in [0.3, 0.4) is 0 Å². The van der Waals surface area contributed by atoms with Gasteiger partial charge < -0.3 is 16.1 Å². The fraction of sp³-hybridized carbons (Fsp3) is 0.385. The van der Waals surface area contributed by atoms with Crippen LogP contribution in [0.15, 0.2) is 58.6 Å². The summed E-state index contributed by atoms with van der Waals surface area (Å²) in [7, 11) is 0. The van der Waals surface area contributed by atoms with E-state index in [1.165, 1.54) is 12.4 Å². The number of carbonyl (C=O) groups excluding carboxylic acids is 2. The molecule has 1 heterocycles. The summed E-state index contributed by atoms with van der Waals surface area (Å²) in [6.07, 6.45) is 4.19. The van der Waals surface area contributed by atoms with Gasteiger partial charge in [0.25, 0.3) is 0 Å². The summed E-state index contributed by atoms with van der Waals surface area (Å²) >= 11 is 6.31. The van der Waals surface area contributed by atoms with E-state index in [1.54, 1.807) is 4.90 Å². The van der Waals surface area contributed by atoms with Gasteiger partial charge >= 0.3 is 0 Å². The maximum absolute atomic E-state index is 13.2. The summed E-state index contributed by atoms with van der Waals surface area (Å²) < 4.78 is 0. The Morgan fingerprint density at radius 3 is 2.47 bits per heavy atom. The molecule has 0 spiro atoms. The molecule has 3 N–H and O–H groups in total. The fourth-order valence-electron chi connectivity index (χ4n) is 4.20. The van der Waals surface area contributed by atoms with Gasteiger partial charge in [-0.3, -0.25) is 14.6 Å². The van der Waals surface area contributed by atoms with Crippen molar-refractivity contribution in [2.24, 2.45) is 21.9 Å². The molecule has 3 rings (SSSR count). The van der Waals surface area contributed by atoms with Crippen LogP contribution in [0, 0.1) is 5.92 Å². The van der Waals surface area contributed by atoms with Crippen LogP contribution in [0.25, 0.3) is 11.1 Å². The van der Waals surface area contributed by atoms with E-state index < -0.39 is 12.1 Å². The molecule has 1 aliphatic heterocycles. The smallest absolute Gasteiger partial charge is 0.248 e. The molecule has 8 heteroatoms. The standard InChI is InChI=1S/C26H32ClN5O2/c1-17(2)24(29-14-15-30-28)26(34)32-16-6-9-23(32)25(33)31-18(3)19-10-12-20(13-11-19)21-7-4-5-8-22(21)27/h4-5,7-8,10-15,17-18,23-24H,6,9,16,28H2,1-3H3,(H,31,33)/b29-14?,30-15-. The second-order valence-corrected chi connectivity index (χ2v) is 9.21. The Balaban J connectivity index is 1.68. The van der Waals surface area contributed by atoms with E-state index in [-0.39, 0.29) is 23.8 Å². The van der Waals surface area contributed by atoms with Crippen LogP contribution in [0.2, 0.25) is 5.02 Å². The number of nitrogens with two attached hydrogens (primary N) is 1. The minimum Gasteiger partial charge on any atom is -0.348 e. The van der Waals surface area contributed by atoms with E-state index in [4.69, 9.17) is 17.4 Å². The van der Waals surface area contributed by atoms with Gasteiger partial charge in [-0.25, -0.2) is 0 Å². The van der Waals surface area contributed by atoms with E-state index >= 15 is 0 Å². The number of nitrogens with one attached hydrogen (secondary N) is 1. The number of hydrogen-bond donors (Lipinski definition) is 2. The third-order valence-corrected chi connectivity index (χ3v) is 6.41. The van der Waals surface area contributed by atoms with Crippen LogP contribution in [-0.2, 0) is 9.59 Å². The van der Waals surface area contributed by atoms with Gasteiger partial charge in [-0.15, -0.1) is 0 Å². The van der Waals surface area contributed by atoms with E-state index in [0.29, 0.717) is 18.0 Å². The van der Waals surface area contributed by atoms with Gasteiger partial charge in [0.1, 0.15) is 12.1 Å². The molecule has 7 nitrogen and oxygen atoms in total.